The summed E-state index contributed by atoms with van der Waals surface area (Å²) >= 11 is 23.9. The maximum atomic E-state index is 9.38. The fourth-order valence-corrected chi connectivity index (χ4v) is 2.53. The second-order valence-corrected chi connectivity index (χ2v) is 5.28. The second kappa shape index (κ2) is 5.68. The molecule has 0 aliphatic carbocycles. The smallest absolute Gasteiger partial charge is 0.0778 e. The van der Waals surface area contributed by atoms with Crippen LogP contribution in [-0.4, -0.2) is 5.11 Å². The summed E-state index contributed by atoms with van der Waals surface area (Å²) in [7, 11) is 0. The van der Waals surface area contributed by atoms with E-state index >= 15 is 0 Å². The van der Waals surface area contributed by atoms with Gasteiger partial charge >= 0.3 is 0 Å². The third kappa shape index (κ3) is 2.61. The molecule has 1 N–H and O–H groups in total. The molecule has 0 aliphatic heterocycles. The van der Waals surface area contributed by atoms with E-state index in [1.54, 1.807) is 24.3 Å². The maximum Gasteiger partial charge on any atom is 0.0778 e. The van der Waals surface area contributed by atoms with Gasteiger partial charge in [-0.2, -0.15) is 0 Å². The number of hydrogen-bond acceptors (Lipinski definition) is 1. The molecule has 0 heterocycles. The van der Waals surface area contributed by atoms with Crippen LogP contribution in [0, 0.1) is 0 Å². The molecule has 0 fully saturated rings. The van der Waals surface area contributed by atoms with Gasteiger partial charge in [-0.25, -0.2) is 0 Å². The van der Waals surface area contributed by atoms with E-state index in [-0.39, 0.29) is 6.61 Å². The first-order chi connectivity index (χ1) is 8.54. The minimum atomic E-state index is -0.160. The molecule has 0 atom stereocenters. The zero-order valence-corrected chi connectivity index (χ0v) is 12.1. The Bertz CT molecular complexity index is 573. The maximum absolute atomic E-state index is 9.38. The molecule has 0 bridgehead atoms. The predicted molar refractivity (Wildman–Crippen MR) is 77.8 cm³/mol. The number of rotatable bonds is 2. The van der Waals surface area contributed by atoms with Crippen molar-refractivity contribution in [2.45, 2.75) is 6.61 Å². The highest BCUT2D eigenvalue weighted by Crippen LogP contribution is 2.37. The first-order valence-electron chi connectivity index (χ1n) is 5.07. The topological polar surface area (TPSA) is 20.2 Å². The largest absolute Gasteiger partial charge is 0.392 e. The Balaban J connectivity index is 2.66. The molecule has 2 aromatic carbocycles. The summed E-state index contributed by atoms with van der Waals surface area (Å²) in [5.74, 6) is 0. The van der Waals surface area contributed by atoms with E-state index in [1.807, 2.05) is 6.07 Å². The predicted octanol–water partition coefficient (Wildman–Crippen LogP) is 5.46. The van der Waals surface area contributed by atoms with Crippen molar-refractivity contribution in [2.24, 2.45) is 0 Å². The molecule has 0 aliphatic rings. The lowest BCUT2D eigenvalue weighted by atomic mass is 10.00. The molecule has 0 saturated carbocycles. The molecule has 1 nitrogen and oxygen atoms in total. The lowest BCUT2D eigenvalue weighted by Gasteiger charge is -2.11. The first-order valence-corrected chi connectivity index (χ1v) is 6.59. The highest BCUT2D eigenvalue weighted by molar-refractivity contribution is 6.48. The summed E-state index contributed by atoms with van der Waals surface area (Å²) < 4.78 is 0. The highest BCUT2D eigenvalue weighted by atomic mass is 35.5. The number of hydrogen-bond donors (Lipinski definition) is 1. The number of aliphatic hydroxyl groups excluding tert-OH is 1. The van der Waals surface area contributed by atoms with E-state index in [4.69, 9.17) is 46.4 Å². The lowest BCUT2D eigenvalue weighted by molar-refractivity contribution is 0.282. The van der Waals surface area contributed by atoms with Crippen molar-refractivity contribution in [1.29, 1.82) is 0 Å². The summed E-state index contributed by atoms with van der Waals surface area (Å²) in [5.41, 5.74) is 2.18. The molecule has 18 heavy (non-hydrogen) atoms. The van der Waals surface area contributed by atoms with Gasteiger partial charge in [0.25, 0.3) is 0 Å². The SMILES string of the molecule is OCc1c(Cl)cccc1-c1cc(Cl)c(Cl)c(Cl)c1. The fraction of sp³-hybridized carbons (Fsp3) is 0.0769. The van der Waals surface area contributed by atoms with Gasteiger partial charge in [-0.1, -0.05) is 58.5 Å². The van der Waals surface area contributed by atoms with Crippen molar-refractivity contribution < 1.29 is 5.11 Å². The molecule has 0 spiro atoms. The third-order valence-corrected chi connectivity index (χ3v) is 4.12. The van der Waals surface area contributed by atoms with Crippen molar-refractivity contribution in [1.82, 2.24) is 0 Å². The average Bonchev–Trinajstić information content (AvgIpc) is 2.35. The first kappa shape index (κ1) is 14.0. The fourth-order valence-electron chi connectivity index (χ4n) is 1.70. The van der Waals surface area contributed by atoms with E-state index in [0.29, 0.717) is 25.7 Å². The van der Waals surface area contributed by atoms with E-state index in [2.05, 4.69) is 0 Å². The minimum absolute atomic E-state index is 0.160. The summed E-state index contributed by atoms with van der Waals surface area (Å²) in [6.07, 6.45) is 0. The van der Waals surface area contributed by atoms with Crippen LogP contribution < -0.4 is 0 Å². The van der Waals surface area contributed by atoms with Gasteiger partial charge in [0, 0.05) is 10.6 Å². The van der Waals surface area contributed by atoms with Gasteiger partial charge in [-0.05, 0) is 29.3 Å². The van der Waals surface area contributed by atoms with Crippen molar-refractivity contribution in [2.75, 3.05) is 0 Å². The Kier molecular flexibility index (Phi) is 4.41. The van der Waals surface area contributed by atoms with Crippen molar-refractivity contribution in [3.63, 3.8) is 0 Å². The molecule has 0 saturated heterocycles. The van der Waals surface area contributed by atoms with Gasteiger partial charge in [0.15, 0.2) is 0 Å². The van der Waals surface area contributed by atoms with E-state index < -0.39 is 0 Å². The van der Waals surface area contributed by atoms with Crippen LogP contribution in [0.3, 0.4) is 0 Å². The van der Waals surface area contributed by atoms with E-state index in [1.165, 1.54) is 0 Å². The van der Waals surface area contributed by atoms with Crippen molar-refractivity contribution in [3.8, 4) is 11.1 Å². The van der Waals surface area contributed by atoms with Crippen LogP contribution in [-0.2, 0) is 6.61 Å². The lowest BCUT2D eigenvalue weighted by Crippen LogP contribution is -1.91. The Labute approximate surface area is 125 Å². The third-order valence-electron chi connectivity index (χ3n) is 2.57. The quantitative estimate of drug-likeness (QED) is 0.728. The van der Waals surface area contributed by atoms with Gasteiger partial charge in [0.1, 0.15) is 0 Å². The molecule has 2 rings (SSSR count). The summed E-state index contributed by atoms with van der Waals surface area (Å²) in [6, 6.07) is 8.75. The van der Waals surface area contributed by atoms with E-state index in [0.717, 1.165) is 11.1 Å². The summed E-state index contributed by atoms with van der Waals surface area (Å²) in [5, 5.41) is 10.9. The van der Waals surface area contributed by atoms with Crippen LogP contribution in [0.15, 0.2) is 30.3 Å². The standard InChI is InChI=1S/C13H8Cl4O/c14-10-3-1-2-8(9(10)6-18)7-4-11(15)13(17)12(16)5-7/h1-5,18H,6H2. The van der Waals surface area contributed by atoms with Gasteiger partial charge in [-0.3, -0.25) is 0 Å². The Hall–Kier alpha value is -0.440. The Morgan fingerprint density at radius 1 is 0.889 bits per heavy atom. The Morgan fingerprint density at radius 3 is 2.06 bits per heavy atom. The number of benzene rings is 2. The van der Waals surface area contributed by atoms with E-state index in [9.17, 15) is 5.11 Å². The second-order valence-electron chi connectivity index (χ2n) is 3.68. The van der Waals surface area contributed by atoms with Gasteiger partial charge in [0.05, 0.1) is 21.7 Å². The van der Waals surface area contributed by atoms with Crippen molar-refractivity contribution >= 4 is 46.4 Å². The molecular weight excluding hydrogens is 314 g/mol. The van der Waals surface area contributed by atoms with Crippen LogP contribution >= 0.6 is 46.4 Å². The van der Waals surface area contributed by atoms with Crippen LogP contribution in [0.5, 0.6) is 0 Å². The number of halogens is 4. The van der Waals surface area contributed by atoms with Crippen LogP contribution in [0.1, 0.15) is 5.56 Å². The molecule has 0 amide bonds. The summed E-state index contributed by atoms with van der Waals surface area (Å²) in [4.78, 5) is 0. The molecule has 0 radical (unpaired) electrons. The molecule has 94 valence electrons. The number of aliphatic hydroxyl groups is 1. The average molecular weight is 322 g/mol. The van der Waals surface area contributed by atoms with Crippen LogP contribution in [0.25, 0.3) is 11.1 Å². The van der Waals surface area contributed by atoms with Gasteiger partial charge < -0.3 is 5.11 Å². The monoisotopic (exact) mass is 320 g/mol. The normalized spacial score (nSPS) is 10.7. The molecule has 0 aromatic heterocycles. The summed E-state index contributed by atoms with van der Waals surface area (Å²) in [6.45, 7) is -0.160. The van der Waals surface area contributed by atoms with Gasteiger partial charge in [-0.15, -0.1) is 0 Å². The zero-order valence-electron chi connectivity index (χ0n) is 9.05. The molecule has 2 aromatic rings. The highest BCUT2D eigenvalue weighted by Gasteiger charge is 2.12. The zero-order chi connectivity index (χ0) is 13.3. The minimum Gasteiger partial charge on any atom is -0.392 e. The van der Waals surface area contributed by atoms with Crippen molar-refractivity contribution in [3.05, 3.63) is 56.0 Å². The molecule has 5 heteroatoms. The molecule has 0 unspecified atom stereocenters. The Morgan fingerprint density at radius 2 is 1.50 bits per heavy atom. The van der Waals surface area contributed by atoms with Gasteiger partial charge in [0.2, 0.25) is 0 Å². The molecular formula is C13H8Cl4O. The van der Waals surface area contributed by atoms with Crippen LogP contribution in [0.2, 0.25) is 20.1 Å². The van der Waals surface area contributed by atoms with Crippen LogP contribution in [0.4, 0.5) is 0 Å².